The van der Waals surface area contributed by atoms with Gasteiger partial charge in [-0.3, -0.25) is 0 Å². The number of hydrazine groups is 1. The average Bonchev–Trinajstić information content (AvgIpc) is 2.41. The van der Waals surface area contributed by atoms with E-state index in [1.807, 2.05) is 31.2 Å². The van der Waals surface area contributed by atoms with Crippen LogP contribution in [0, 0.1) is 0 Å². The van der Waals surface area contributed by atoms with Crippen molar-refractivity contribution in [3.63, 3.8) is 0 Å². The van der Waals surface area contributed by atoms with Crippen LogP contribution in [0.4, 0.5) is 5.82 Å². The Morgan fingerprint density at radius 3 is 2.78 bits per heavy atom. The van der Waals surface area contributed by atoms with E-state index in [0.717, 1.165) is 21.9 Å². The van der Waals surface area contributed by atoms with Crippen LogP contribution in [0.1, 0.15) is 12.5 Å². The van der Waals surface area contributed by atoms with E-state index in [1.54, 1.807) is 0 Å². The monoisotopic (exact) mass is 280 g/mol. The molecule has 0 amide bonds. The fourth-order valence-electron chi connectivity index (χ4n) is 1.56. The summed E-state index contributed by atoms with van der Waals surface area (Å²) < 4.78 is 0. The first-order chi connectivity index (χ1) is 8.76. The van der Waals surface area contributed by atoms with Crippen LogP contribution >= 0.6 is 23.4 Å². The van der Waals surface area contributed by atoms with E-state index in [-0.39, 0.29) is 0 Å². The van der Waals surface area contributed by atoms with E-state index in [2.05, 4.69) is 15.4 Å². The molecule has 0 saturated carbocycles. The summed E-state index contributed by atoms with van der Waals surface area (Å²) in [6, 6.07) is 7.67. The van der Waals surface area contributed by atoms with Crippen molar-refractivity contribution in [1.29, 1.82) is 0 Å². The maximum Gasteiger partial charge on any atom is 0.147 e. The van der Waals surface area contributed by atoms with Gasteiger partial charge in [0.2, 0.25) is 0 Å². The van der Waals surface area contributed by atoms with Crippen LogP contribution in [0.25, 0.3) is 0 Å². The molecule has 0 radical (unpaired) electrons. The lowest BCUT2D eigenvalue weighted by molar-refractivity contribution is 0.941. The predicted molar refractivity (Wildman–Crippen MR) is 74.8 cm³/mol. The average molecular weight is 281 g/mol. The molecule has 1 heterocycles. The zero-order valence-electron chi connectivity index (χ0n) is 9.85. The summed E-state index contributed by atoms with van der Waals surface area (Å²) in [5, 5.41) is 1.58. The first-order valence-corrected chi connectivity index (χ1v) is 6.68. The summed E-state index contributed by atoms with van der Waals surface area (Å²) in [7, 11) is 0. The van der Waals surface area contributed by atoms with E-state index in [4.69, 9.17) is 17.4 Å². The number of nitrogens with two attached hydrogens (primary N) is 1. The summed E-state index contributed by atoms with van der Waals surface area (Å²) in [5.74, 6) is 6.10. The van der Waals surface area contributed by atoms with Crippen LogP contribution in [0.5, 0.6) is 0 Å². The molecule has 0 bridgehead atoms. The molecule has 0 atom stereocenters. The summed E-state index contributed by atoms with van der Waals surface area (Å²) in [4.78, 5) is 9.36. The van der Waals surface area contributed by atoms with Crippen LogP contribution in [0.3, 0.4) is 0 Å². The highest BCUT2D eigenvalue weighted by molar-refractivity contribution is 7.99. The number of anilines is 1. The van der Waals surface area contributed by atoms with Gasteiger partial charge in [0.15, 0.2) is 0 Å². The van der Waals surface area contributed by atoms with Gasteiger partial charge in [-0.2, -0.15) is 0 Å². The van der Waals surface area contributed by atoms with E-state index in [0.29, 0.717) is 10.8 Å². The highest BCUT2D eigenvalue weighted by atomic mass is 35.5. The van der Waals surface area contributed by atoms with Gasteiger partial charge in [0.1, 0.15) is 17.2 Å². The molecule has 0 fully saturated rings. The van der Waals surface area contributed by atoms with E-state index >= 15 is 0 Å². The maximum atomic E-state index is 6.14. The van der Waals surface area contributed by atoms with Crippen molar-refractivity contribution in [3.05, 3.63) is 41.2 Å². The number of rotatable bonds is 4. The van der Waals surface area contributed by atoms with Crippen molar-refractivity contribution in [3.8, 4) is 0 Å². The molecule has 3 N–H and O–H groups in total. The van der Waals surface area contributed by atoms with Gasteiger partial charge in [0, 0.05) is 10.5 Å². The van der Waals surface area contributed by atoms with Crippen LogP contribution in [-0.2, 0) is 6.42 Å². The van der Waals surface area contributed by atoms with Gasteiger partial charge in [0.05, 0.1) is 5.02 Å². The lowest BCUT2D eigenvalue weighted by Gasteiger charge is -2.10. The fraction of sp³-hybridized carbons (Fsp3) is 0.167. The molecular weight excluding hydrogens is 268 g/mol. The third-order valence-corrected chi connectivity index (χ3v) is 4.00. The summed E-state index contributed by atoms with van der Waals surface area (Å²) in [5.41, 5.74) is 3.58. The molecule has 1 aromatic heterocycles. The molecule has 0 spiro atoms. The topological polar surface area (TPSA) is 63.8 Å². The molecule has 2 rings (SSSR count). The number of nitrogen functional groups attached to an aromatic ring is 1. The molecule has 2 aromatic rings. The lowest BCUT2D eigenvalue weighted by atomic mass is 10.2. The third kappa shape index (κ3) is 2.75. The number of aromatic nitrogens is 2. The Bertz CT molecular complexity index is 547. The highest BCUT2D eigenvalue weighted by Gasteiger charge is 2.11. The summed E-state index contributed by atoms with van der Waals surface area (Å²) in [6.07, 6.45) is 2.29. The molecular formula is C12H13ClN4S. The Labute approximate surface area is 115 Å². The minimum absolute atomic E-state index is 0.655. The van der Waals surface area contributed by atoms with Crippen LogP contribution < -0.4 is 11.3 Å². The number of benzene rings is 1. The Morgan fingerprint density at radius 1 is 1.33 bits per heavy atom. The second kappa shape index (κ2) is 6.04. The van der Waals surface area contributed by atoms with E-state index in [1.165, 1.54) is 18.1 Å². The minimum Gasteiger partial charge on any atom is -0.308 e. The van der Waals surface area contributed by atoms with Crippen molar-refractivity contribution < 1.29 is 0 Å². The lowest BCUT2D eigenvalue weighted by Crippen LogP contribution is -2.12. The molecule has 0 aliphatic heterocycles. The maximum absolute atomic E-state index is 6.14. The smallest absolute Gasteiger partial charge is 0.147 e. The largest absolute Gasteiger partial charge is 0.308 e. The Morgan fingerprint density at radius 2 is 2.11 bits per heavy atom. The van der Waals surface area contributed by atoms with Crippen molar-refractivity contribution in [2.45, 2.75) is 23.3 Å². The third-order valence-electron chi connectivity index (χ3n) is 2.44. The SMILES string of the molecule is CCc1c(NN)ncnc1Sc1ccccc1Cl. The Balaban J connectivity index is 2.37. The fourth-order valence-corrected chi connectivity index (χ4v) is 2.79. The van der Waals surface area contributed by atoms with Crippen molar-refractivity contribution in [2.24, 2.45) is 5.84 Å². The van der Waals surface area contributed by atoms with Gasteiger partial charge in [-0.05, 0) is 18.6 Å². The molecule has 6 heteroatoms. The highest BCUT2D eigenvalue weighted by Crippen LogP contribution is 2.35. The Hall–Kier alpha value is -1.30. The number of nitrogens with zero attached hydrogens (tertiary/aromatic N) is 2. The predicted octanol–water partition coefficient (Wildman–Crippen LogP) is 3.13. The molecule has 1 aromatic carbocycles. The zero-order valence-corrected chi connectivity index (χ0v) is 11.4. The van der Waals surface area contributed by atoms with Gasteiger partial charge in [-0.15, -0.1) is 0 Å². The van der Waals surface area contributed by atoms with Crippen molar-refractivity contribution >= 4 is 29.2 Å². The number of nitrogens with one attached hydrogen (secondary N) is 1. The van der Waals surface area contributed by atoms with E-state index in [9.17, 15) is 0 Å². The molecule has 0 aliphatic carbocycles. The molecule has 94 valence electrons. The molecule has 4 nitrogen and oxygen atoms in total. The first-order valence-electron chi connectivity index (χ1n) is 5.49. The quantitative estimate of drug-likeness (QED) is 0.512. The normalized spacial score (nSPS) is 10.4. The minimum atomic E-state index is 0.655. The standard InChI is InChI=1S/C12H13ClN4S/c1-2-8-11(17-14)15-7-16-12(8)18-10-6-4-3-5-9(10)13/h3-7H,2,14H2,1H3,(H,15,16,17). The molecule has 0 saturated heterocycles. The molecule has 0 aliphatic rings. The number of halogens is 1. The summed E-state index contributed by atoms with van der Waals surface area (Å²) in [6.45, 7) is 2.04. The second-order valence-electron chi connectivity index (χ2n) is 3.54. The first kappa shape index (κ1) is 13.1. The van der Waals surface area contributed by atoms with Gasteiger partial charge >= 0.3 is 0 Å². The second-order valence-corrected chi connectivity index (χ2v) is 4.97. The Kier molecular flexibility index (Phi) is 4.41. The van der Waals surface area contributed by atoms with Crippen LogP contribution in [0.15, 0.2) is 40.5 Å². The van der Waals surface area contributed by atoms with Gasteiger partial charge in [-0.25, -0.2) is 15.8 Å². The number of hydrogen-bond acceptors (Lipinski definition) is 5. The molecule has 0 unspecified atom stereocenters. The van der Waals surface area contributed by atoms with Gasteiger partial charge in [0.25, 0.3) is 0 Å². The molecule has 18 heavy (non-hydrogen) atoms. The van der Waals surface area contributed by atoms with Gasteiger partial charge < -0.3 is 5.43 Å². The van der Waals surface area contributed by atoms with Crippen molar-refractivity contribution in [2.75, 3.05) is 5.43 Å². The zero-order chi connectivity index (χ0) is 13.0. The van der Waals surface area contributed by atoms with Crippen molar-refractivity contribution in [1.82, 2.24) is 9.97 Å². The van der Waals surface area contributed by atoms with Gasteiger partial charge in [-0.1, -0.05) is 42.4 Å². The van der Waals surface area contributed by atoms with Crippen LogP contribution in [-0.4, -0.2) is 9.97 Å². The van der Waals surface area contributed by atoms with E-state index < -0.39 is 0 Å². The number of hydrogen-bond donors (Lipinski definition) is 2. The summed E-state index contributed by atoms with van der Waals surface area (Å²) >= 11 is 7.66. The van der Waals surface area contributed by atoms with Crippen LogP contribution in [0.2, 0.25) is 5.02 Å².